The average molecular weight is 332 g/mol. The first-order chi connectivity index (χ1) is 11.6. The Bertz CT molecular complexity index is 615. The minimum absolute atomic E-state index is 0.00963. The van der Waals surface area contributed by atoms with E-state index >= 15 is 0 Å². The molecule has 128 valence electrons. The van der Waals surface area contributed by atoms with E-state index < -0.39 is 0 Å². The van der Waals surface area contributed by atoms with Crippen LogP contribution in [0.1, 0.15) is 24.1 Å². The molecule has 0 spiro atoms. The smallest absolute Gasteiger partial charge is 0.123 e. The van der Waals surface area contributed by atoms with E-state index in [4.69, 9.17) is 0 Å². The number of nitrogens with one attached hydrogen (secondary N) is 1. The maximum absolute atomic E-state index is 13.3. The lowest BCUT2D eigenvalue weighted by molar-refractivity contribution is 0.0841. The molecular formula is C19H22F2N2O. The summed E-state index contributed by atoms with van der Waals surface area (Å²) in [6, 6.07) is 13.0. The fourth-order valence-corrected chi connectivity index (χ4v) is 3.30. The molecule has 3 rings (SSSR count). The molecule has 1 fully saturated rings. The average Bonchev–Trinajstić information content (AvgIpc) is 2.60. The molecule has 2 aromatic rings. The van der Waals surface area contributed by atoms with Crippen LogP contribution >= 0.6 is 0 Å². The van der Waals surface area contributed by atoms with Crippen molar-refractivity contribution in [3.05, 3.63) is 71.3 Å². The van der Waals surface area contributed by atoms with Gasteiger partial charge in [-0.25, -0.2) is 8.78 Å². The first kappa shape index (κ1) is 17.0. The Morgan fingerprint density at radius 1 is 1.04 bits per heavy atom. The Labute approximate surface area is 140 Å². The van der Waals surface area contributed by atoms with Crippen LogP contribution in [0, 0.1) is 11.6 Å². The second-order valence-corrected chi connectivity index (χ2v) is 6.34. The van der Waals surface area contributed by atoms with E-state index in [0.717, 1.165) is 17.7 Å². The molecule has 1 heterocycles. The number of rotatable bonds is 4. The van der Waals surface area contributed by atoms with Crippen molar-refractivity contribution in [3.63, 3.8) is 0 Å². The van der Waals surface area contributed by atoms with Crippen molar-refractivity contribution in [1.29, 1.82) is 0 Å². The van der Waals surface area contributed by atoms with Gasteiger partial charge < -0.3 is 10.4 Å². The zero-order chi connectivity index (χ0) is 17.1. The molecule has 0 radical (unpaired) electrons. The lowest BCUT2D eigenvalue weighted by Crippen LogP contribution is -2.57. The highest BCUT2D eigenvalue weighted by Gasteiger charge is 2.32. The van der Waals surface area contributed by atoms with Crippen LogP contribution in [0.3, 0.4) is 0 Å². The molecule has 0 aromatic heterocycles. The van der Waals surface area contributed by atoms with Crippen LogP contribution in [0.5, 0.6) is 0 Å². The van der Waals surface area contributed by atoms with Crippen LogP contribution < -0.4 is 5.32 Å². The van der Waals surface area contributed by atoms with Gasteiger partial charge in [-0.1, -0.05) is 24.3 Å². The molecule has 1 saturated heterocycles. The summed E-state index contributed by atoms with van der Waals surface area (Å²) in [5.41, 5.74) is 1.90. The number of hydrogen-bond acceptors (Lipinski definition) is 3. The van der Waals surface area contributed by atoms with Gasteiger partial charge in [-0.3, -0.25) is 4.90 Å². The lowest BCUT2D eigenvalue weighted by Gasteiger charge is -2.43. The maximum atomic E-state index is 13.3. The van der Waals surface area contributed by atoms with Crippen molar-refractivity contribution in [3.8, 4) is 0 Å². The van der Waals surface area contributed by atoms with Crippen LogP contribution in [0.4, 0.5) is 8.78 Å². The van der Waals surface area contributed by atoms with Crippen LogP contribution in [-0.2, 0) is 0 Å². The maximum Gasteiger partial charge on any atom is 0.123 e. The summed E-state index contributed by atoms with van der Waals surface area (Å²) in [5.74, 6) is -0.559. The Morgan fingerprint density at radius 3 is 2.00 bits per heavy atom. The standard InChI is InChI=1S/C19H22F2N2O/c1-13-10-22-18(12-24)11-23(13)19(14-2-6-16(20)7-3-14)15-4-8-17(21)9-5-15/h2-9,13,18-19,22,24H,10-12H2,1H3/t13-,18-/m1/s1. The Morgan fingerprint density at radius 2 is 1.54 bits per heavy atom. The molecule has 0 saturated carbocycles. The molecule has 3 nitrogen and oxygen atoms in total. The summed E-state index contributed by atoms with van der Waals surface area (Å²) in [6.07, 6.45) is 0. The van der Waals surface area contributed by atoms with Crippen molar-refractivity contribution < 1.29 is 13.9 Å². The molecule has 2 N–H and O–H groups in total. The molecule has 0 aliphatic carbocycles. The summed E-state index contributed by atoms with van der Waals surface area (Å²) in [4.78, 5) is 2.28. The van der Waals surface area contributed by atoms with E-state index in [2.05, 4.69) is 17.1 Å². The normalized spacial score (nSPS) is 22.0. The van der Waals surface area contributed by atoms with Crippen LogP contribution in [0.15, 0.2) is 48.5 Å². The van der Waals surface area contributed by atoms with Crippen molar-refractivity contribution in [1.82, 2.24) is 10.2 Å². The van der Waals surface area contributed by atoms with Gasteiger partial charge in [0, 0.05) is 25.2 Å². The quantitative estimate of drug-likeness (QED) is 0.904. The van der Waals surface area contributed by atoms with Gasteiger partial charge in [-0.15, -0.1) is 0 Å². The molecule has 2 atom stereocenters. The number of hydrogen-bond donors (Lipinski definition) is 2. The highest BCUT2D eigenvalue weighted by Crippen LogP contribution is 2.32. The first-order valence-corrected chi connectivity index (χ1v) is 8.19. The molecule has 0 amide bonds. The summed E-state index contributed by atoms with van der Waals surface area (Å²) >= 11 is 0. The summed E-state index contributed by atoms with van der Waals surface area (Å²) in [6.45, 7) is 3.59. The number of piperazine rings is 1. The van der Waals surface area contributed by atoms with Crippen LogP contribution in [0.2, 0.25) is 0 Å². The van der Waals surface area contributed by atoms with Gasteiger partial charge in [0.15, 0.2) is 0 Å². The van der Waals surface area contributed by atoms with Crippen molar-refractivity contribution in [2.45, 2.75) is 25.0 Å². The number of aliphatic hydroxyl groups is 1. The fraction of sp³-hybridized carbons (Fsp3) is 0.368. The third kappa shape index (κ3) is 3.64. The molecule has 1 aliphatic heterocycles. The first-order valence-electron chi connectivity index (χ1n) is 8.19. The van der Waals surface area contributed by atoms with E-state index in [1.165, 1.54) is 24.3 Å². The third-order valence-electron chi connectivity index (χ3n) is 4.62. The van der Waals surface area contributed by atoms with E-state index in [-0.39, 0.29) is 36.4 Å². The van der Waals surface area contributed by atoms with Crippen molar-refractivity contribution >= 4 is 0 Å². The van der Waals surface area contributed by atoms with Gasteiger partial charge in [0.25, 0.3) is 0 Å². The minimum Gasteiger partial charge on any atom is -0.395 e. The number of aliphatic hydroxyl groups excluding tert-OH is 1. The number of halogens is 2. The summed E-state index contributed by atoms with van der Waals surface area (Å²) in [5, 5.41) is 12.8. The summed E-state index contributed by atoms with van der Waals surface area (Å²) in [7, 11) is 0. The van der Waals surface area contributed by atoms with E-state index in [9.17, 15) is 13.9 Å². The van der Waals surface area contributed by atoms with Gasteiger partial charge in [-0.05, 0) is 42.3 Å². The number of benzene rings is 2. The molecule has 2 aromatic carbocycles. The van der Waals surface area contributed by atoms with Gasteiger partial charge in [-0.2, -0.15) is 0 Å². The number of nitrogens with zero attached hydrogens (tertiary/aromatic N) is 1. The Hall–Kier alpha value is -1.82. The predicted octanol–water partition coefficient (Wildman–Crippen LogP) is 2.71. The molecule has 24 heavy (non-hydrogen) atoms. The van der Waals surface area contributed by atoms with E-state index in [1.807, 2.05) is 0 Å². The predicted molar refractivity (Wildman–Crippen MR) is 89.7 cm³/mol. The van der Waals surface area contributed by atoms with Crippen molar-refractivity contribution in [2.24, 2.45) is 0 Å². The second kappa shape index (κ2) is 7.38. The zero-order valence-electron chi connectivity index (χ0n) is 13.6. The van der Waals surface area contributed by atoms with Gasteiger partial charge in [0.2, 0.25) is 0 Å². The molecule has 0 bridgehead atoms. The largest absolute Gasteiger partial charge is 0.395 e. The highest BCUT2D eigenvalue weighted by atomic mass is 19.1. The molecular weight excluding hydrogens is 310 g/mol. The second-order valence-electron chi connectivity index (χ2n) is 6.34. The van der Waals surface area contributed by atoms with Crippen molar-refractivity contribution in [2.75, 3.05) is 19.7 Å². The lowest BCUT2D eigenvalue weighted by atomic mass is 9.94. The molecule has 0 unspecified atom stereocenters. The topological polar surface area (TPSA) is 35.5 Å². The van der Waals surface area contributed by atoms with E-state index in [1.54, 1.807) is 24.3 Å². The minimum atomic E-state index is -0.279. The summed E-state index contributed by atoms with van der Waals surface area (Å²) < 4.78 is 26.7. The van der Waals surface area contributed by atoms with E-state index in [0.29, 0.717) is 6.54 Å². The Balaban J connectivity index is 2.00. The molecule has 5 heteroatoms. The monoisotopic (exact) mass is 332 g/mol. The third-order valence-corrected chi connectivity index (χ3v) is 4.62. The zero-order valence-corrected chi connectivity index (χ0v) is 13.6. The van der Waals surface area contributed by atoms with Gasteiger partial charge >= 0.3 is 0 Å². The highest BCUT2D eigenvalue weighted by molar-refractivity contribution is 5.33. The van der Waals surface area contributed by atoms with Crippen LogP contribution in [0.25, 0.3) is 0 Å². The van der Waals surface area contributed by atoms with Gasteiger partial charge in [0.1, 0.15) is 11.6 Å². The van der Waals surface area contributed by atoms with Crippen LogP contribution in [-0.4, -0.2) is 41.8 Å². The molecule has 1 aliphatic rings. The fourth-order valence-electron chi connectivity index (χ4n) is 3.30. The Kier molecular flexibility index (Phi) is 5.23. The SMILES string of the molecule is C[C@@H]1CN[C@@H](CO)CN1C(c1ccc(F)cc1)c1ccc(F)cc1. The van der Waals surface area contributed by atoms with Gasteiger partial charge in [0.05, 0.1) is 12.6 Å².